The number of hydrogen-bond donors (Lipinski definition) is 3. The van der Waals surface area contributed by atoms with Crippen LogP contribution >= 0.6 is 0 Å². The molecule has 7 heteroatoms. The molecule has 0 saturated carbocycles. The molecule has 3 amide bonds. The van der Waals surface area contributed by atoms with Crippen molar-refractivity contribution in [1.29, 1.82) is 0 Å². The fourth-order valence-electron chi connectivity index (χ4n) is 2.28. The van der Waals surface area contributed by atoms with Crippen LogP contribution in [-0.4, -0.2) is 24.3 Å². The SMILES string of the molecule is CCOc1ccc(NC(=O)CCC(=O)NNC(=O)Cc2ccccc2)cc1. The minimum Gasteiger partial charge on any atom is -0.494 e. The van der Waals surface area contributed by atoms with Gasteiger partial charge in [-0.05, 0) is 36.8 Å². The number of carbonyl (C=O) groups is 3. The lowest BCUT2D eigenvalue weighted by Gasteiger charge is -2.08. The number of anilines is 1. The zero-order valence-electron chi connectivity index (χ0n) is 15.2. The van der Waals surface area contributed by atoms with Crippen molar-refractivity contribution in [1.82, 2.24) is 10.9 Å². The Morgan fingerprint density at radius 2 is 1.44 bits per heavy atom. The van der Waals surface area contributed by atoms with Gasteiger partial charge >= 0.3 is 0 Å². The topological polar surface area (TPSA) is 96.5 Å². The third-order valence-electron chi connectivity index (χ3n) is 3.58. The van der Waals surface area contributed by atoms with E-state index in [1.54, 1.807) is 24.3 Å². The molecule has 0 spiro atoms. The van der Waals surface area contributed by atoms with E-state index in [0.29, 0.717) is 12.3 Å². The summed E-state index contributed by atoms with van der Waals surface area (Å²) >= 11 is 0. The van der Waals surface area contributed by atoms with Gasteiger partial charge in [-0.25, -0.2) is 0 Å². The van der Waals surface area contributed by atoms with Crippen molar-refractivity contribution in [3.05, 3.63) is 60.2 Å². The van der Waals surface area contributed by atoms with Gasteiger partial charge in [0.2, 0.25) is 17.7 Å². The van der Waals surface area contributed by atoms with Crippen LogP contribution in [0.25, 0.3) is 0 Å². The van der Waals surface area contributed by atoms with Gasteiger partial charge in [-0.15, -0.1) is 0 Å². The van der Waals surface area contributed by atoms with Crippen LogP contribution < -0.4 is 20.9 Å². The van der Waals surface area contributed by atoms with Gasteiger partial charge in [0.1, 0.15) is 5.75 Å². The Morgan fingerprint density at radius 3 is 2.11 bits per heavy atom. The fraction of sp³-hybridized carbons (Fsp3) is 0.250. The highest BCUT2D eigenvalue weighted by atomic mass is 16.5. The number of carbonyl (C=O) groups excluding carboxylic acids is 3. The second kappa shape index (κ2) is 10.6. The summed E-state index contributed by atoms with van der Waals surface area (Å²) in [6, 6.07) is 16.2. The van der Waals surface area contributed by atoms with Crippen molar-refractivity contribution in [2.75, 3.05) is 11.9 Å². The Hall–Kier alpha value is -3.35. The molecule has 142 valence electrons. The molecule has 2 aromatic rings. The molecule has 0 aliphatic rings. The normalized spacial score (nSPS) is 9.96. The summed E-state index contributed by atoms with van der Waals surface area (Å²) in [7, 11) is 0. The lowest BCUT2D eigenvalue weighted by atomic mass is 10.1. The zero-order valence-corrected chi connectivity index (χ0v) is 15.2. The van der Waals surface area contributed by atoms with E-state index in [2.05, 4.69) is 16.2 Å². The van der Waals surface area contributed by atoms with Gasteiger partial charge in [0, 0.05) is 18.5 Å². The molecule has 0 fully saturated rings. The summed E-state index contributed by atoms with van der Waals surface area (Å²) in [6.45, 7) is 2.47. The van der Waals surface area contributed by atoms with E-state index in [0.717, 1.165) is 11.3 Å². The number of rotatable bonds is 8. The van der Waals surface area contributed by atoms with Crippen molar-refractivity contribution in [3.63, 3.8) is 0 Å². The standard InChI is InChI=1S/C20H23N3O4/c1-2-27-17-10-8-16(9-11-17)21-18(24)12-13-19(25)22-23-20(26)14-15-6-4-3-5-7-15/h3-11H,2,12-14H2,1H3,(H,21,24)(H,22,25)(H,23,26). The summed E-state index contributed by atoms with van der Waals surface area (Å²) < 4.78 is 5.33. The zero-order chi connectivity index (χ0) is 19.5. The molecule has 0 radical (unpaired) electrons. The fourth-order valence-corrected chi connectivity index (χ4v) is 2.28. The number of nitrogens with one attached hydrogen (secondary N) is 3. The Bertz CT molecular complexity index is 761. The molecule has 27 heavy (non-hydrogen) atoms. The van der Waals surface area contributed by atoms with E-state index >= 15 is 0 Å². The van der Waals surface area contributed by atoms with Gasteiger partial charge in [0.15, 0.2) is 0 Å². The van der Waals surface area contributed by atoms with E-state index in [9.17, 15) is 14.4 Å². The Balaban J connectivity index is 1.65. The van der Waals surface area contributed by atoms with Crippen molar-refractivity contribution in [3.8, 4) is 5.75 Å². The lowest BCUT2D eigenvalue weighted by molar-refractivity contribution is -0.129. The van der Waals surface area contributed by atoms with Crippen LogP contribution in [0.3, 0.4) is 0 Å². The highest BCUT2D eigenvalue weighted by Gasteiger charge is 2.09. The predicted octanol–water partition coefficient (Wildman–Crippen LogP) is 2.19. The van der Waals surface area contributed by atoms with Crippen LogP contribution in [0.1, 0.15) is 25.3 Å². The predicted molar refractivity (Wildman–Crippen MR) is 102 cm³/mol. The van der Waals surface area contributed by atoms with Gasteiger partial charge in [-0.1, -0.05) is 30.3 Å². The van der Waals surface area contributed by atoms with Crippen LogP contribution in [0.15, 0.2) is 54.6 Å². The first-order valence-electron chi connectivity index (χ1n) is 8.71. The first-order valence-corrected chi connectivity index (χ1v) is 8.71. The van der Waals surface area contributed by atoms with Crippen LogP contribution in [0.4, 0.5) is 5.69 Å². The molecular formula is C20H23N3O4. The summed E-state index contributed by atoms with van der Waals surface area (Å²) in [5.74, 6) is -0.322. The number of amides is 3. The monoisotopic (exact) mass is 369 g/mol. The Kier molecular flexibility index (Phi) is 7.84. The van der Waals surface area contributed by atoms with E-state index in [1.807, 2.05) is 37.3 Å². The summed E-state index contributed by atoms with van der Waals surface area (Å²) in [5, 5.41) is 2.70. The molecule has 0 unspecified atom stereocenters. The first-order chi connectivity index (χ1) is 13.1. The average molecular weight is 369 g/mol. The average Bonchev–Trinajstić information content (AvgIpc) is 2.67. The molecule has 0 saturated heterocycles. The molecule has 0 aliphatic heterocycles. The minimum atomic E-state index is -0.432. The second-order valence-corrected chi connectivity index (χ2v) is 5.76. The van der Waals surface area contributed by atoms with Gasteiger partial charge in [0.05, 0.1) is 13.0 Å². The van der Waals surface area contributed by atoms with Gasteiger partial charge in [-0.2, -0.15) is 0 Å². The summed E-state index contributed by atoms with van der Waals surface area (Å²) in [5.41, 5.74) is 6.12. The van der Waals surface area contributed by atoms with Crippen molar-refractivity contribution >= 4 is 23.4 Å². The first kappa shape index (κ1) is 20.0. The molecule has 2 aromatic carbocycles. The van der Waals surface area contributed by atoms with Crippen LogP contribution in [-0.2, 0) is 20.8 Å². The van der Waals surface area contributed by atoms with Crippen molar-refractivity contribution < 1.29 is 19.1 Å². The Labute approximate surface area is 158 Å². The molecule has 0 bridgehead atoms. The van der Waals surface area contributed by atoms with E-state index in [-0.39, 0.29) is 31.1 Å². The summed E-state index contributed by atoms with van der Waals surface area (Å²) in [6.07, 6.45) is 0.140. The van der Waals surface area contributed by atoms with Crippen LogP contribution in [0.2, 0.25) is 0 Å². The van der Waals surface area contributed by atoms with Crippen LogP contribution in [0.5, 0.6) is 5.75 Å². The third-order valence-corrected chi connectivity index (χ3v) is 3.58. The molecule has 7 nitrogen and oxygen atoms in total. The maximum absolute atomic E-state index is 11.9. The highest BCUT2D eigenvalue weighted by Crippen LogP contribution is 2.15. The van der Waals surface area contributed by atoms with E-state index in [1.165, 1.54) is 0 Å². The highest BCUT2D eigenvalue weighted by molar-refractivity contribution is 5.93. The molecular weight excluding hydrogens is 346 g/mol. The van der Waals surface area contributed by atoms with E-state index < -0.39 is 5.91 Å². The quantitative estimate of drug-likeness (QED) is 0.622. The van der Waals surface area contributed by atoms with Gasteiger partial charge < -0.3 is 10.1 Å². The molecule has 2 rings (SSSR count). The second-order valence-electron chi connectivity index (χ2n) is 5.76. The molecule has 0 atom stereocenters. The number of ether oxygens (including phenoxy) is 1. The van der Waals surface area contributed by atoms with Crippen molar-refractivity contribution in [2.24, 2.45) is 0 Å². The molecule has 0 aliphatic carbocycles. The maximum atomic E-state index is 11.9. The lowest BCUT2D eigenvalue weighted by Crippen LogP contribution is -2.42. The number of hydrazine groups is 1. The van der Waals surface area contributed by atoms with Gasteiger partial charge in [0.25, 0.3) is 0 Å². The third kappa shape index (κ3) is 7.60. The van der Waals surface area contributed by atoms with Crippen LogP contribution in [0, 0.1) is 0 Å². The molecule has 3 N–H and O–H groups in total. The number of hydrogen-bond acceptors (Lipinski definition) is 4. The molecule has 0 heterocycles. The smallest absolute Gasteiger partial charge is 0.242 e. The molecule has 0 aromatic heterocycles. The summed E-state index contributed by atoms with van der Waals surface area (Å²) in [4.78, 5) is 35.4. The largest absolute Gasteiger partial charge is 0.494 e. The minimum absolute atomic E-state index is 0.00754. The van der Waals surface area contributed by atoms with E-state index in [4.69, 9.17) is 4.74 Å². The Morgan fingerprint density at radius 1 is 0.815 bits per heavy atom. The van der Waals surface area contributed by atoms with Crippen molar-refractivity contribution in [2.45, 2.75) is 26.2 Å². The maximum Gasteiger partial charge on any atom is 0.242 e. The number of benzene rings is 2. The van der Waals surface area contributed by atoms with Gasteiger partial charge in [-0.3, -0.25) is 25.2 Å².